The van der Waals surface area contributed by atoms with Crippen molar-refractivity contribution in [2.24, 2.45) is 0 Å². The first kappa shape index (κ1) is 20.1. The third kappa shape index (κ3) is 3.80. The fourth-order valence-corrected chi connectivity index (χ4v) is 5.50. The van der Waals surface area contributed by atoms with Crippen LogP contribution in [0.1, 0.15) is 39.8 Å². The van der Waals surface area contributed by atoms with Gasteiger partial charge in [0.05, 0.1) is 16.4 Å². The fraction of sp³-hybridized carbons (Fsp3) is 0.421. The molecule has 0 radical (unpaired) electrons. The first-order chi connectivity index (χ1) is 13.1. The number of hydrogen-bond acceptors (Lipinski definition) is 6. The van der Waals surface area contributed by atoms with Crippen LogP contribution in [0.2, 0.25) is 0 Å². The van der Waals surface area contributed by atoms with Crippen molar-refractivity contribution in [1.29, 1.82) is 0 Å². The maximum absolute atomic E-state index is 12.7. The maximum atomic E-state index is 12.7. The number of rotatable bonds is 6. The van der Waals surface area contributed by atoms with Crippen molar-refractivity contribution in [2.45, 2.75) is 33.2 Å². The standard InChI is InChI=1S/C19H22N2O6S/c1-12-5-4-6-18(19(12)21(23)24)27-10-17(22)16-9-13(2)20(14(16)3)15-7-8-28(25,26)11-15/h4-6,9,15H,7-8,10-11H2,1-3H3. The topological polar surface area (TPSA) is 109 Å². The molecule has 1 fully saturated rings. The zero-order chi connectivity index (χ0) is 20.6. The first-order valence-electron chi connectivity index (χ1n) is 8.89. The van der Waals surface area contributed by atoms with Gasteiger partial charge in [-0.2, -0.15) is 0 Å². The van der Waals surface area contributed by atoms with E-state index in [0.717, 1.165) is 5.69 Å². The monoisotopic (exact) mass is 406 g/mol. The van der Waals surface area contributed by atoms with E-state index in [-0.39, 0.29) is 41.4 Å². The van der Waals surface area contributed by atoms with Gasteiger partial charge in [0.25, 0.3) is 0 Å². The van der Waals surface area contributed by atoms with E-state index in [9.17, 15) is 23.3 Å². The fourth-order valence-electron chi connectivity index (χ4n) is 3.80. The molecule has 1 aromatic heterocycles. The van der Waals surface area contributed by atoms with Crippen LogP contribution >= 0.6 is 0 Å². The number of aromatic nitrogens is 1. The molecular weight excluding hydrogens is 384 g/mol. The molecule has 9 heteroatoms. The Hall–Kier alpha value is -2.68. The highest BCUT2D eigenvalue weighted by Crippen LogP contribution is 2.31. The molecule has 0 bridgehead atoms. The lowest BCUT2D eigenvalue weighted by molar-refractivity contribution is -0.386. The van der Waals surface area contributed by atoms with Crippen molar-refractivity contribution >= 4 is 21.3 Å². The van der Waals surface area contributed by atoms with E-state index >= 15 is 0 Å². The second-order valence-electron chi connectivity index (χ2n) is 7.10. The summed E-state index contributed by atoms with van der Waals surface area (Å²) in [7, 11) is -3.05. The number of hydrogen-bond donors (Lipinski definition) is 0. The number of benzene rings is 1. The van der Waals surface area contributed by atoms with Crippen LogP contribution in [0.15, 0.2) is 24.3 Å². The molecule has 0 amide bonds. The van der Waals surface area contributed by atoms with Crippen LogP contribution in [0.3, 0.4) is 0 Å². The van der Waals surface area contributed by atoms with E-state index in [2.05, 4.69) is 0 Å². The minimum Gasteiger partial charge on any atom is -0.478 e. The highest BCUT2D eigenvalue weighted by molar-refractivity contribution is 7.91. The Labute approximate surface area is 163 Å². The highest BCUT2D eigenvalue weighted by atomic mass is 32.2. The van der Waals surface area contributed by atoms with Crippen LogP contribution < -0.4 is 4.74 Å². The SMILES string of the molecule is Cc1cccc(OCC(=O)c2cc(C)n(C3CCS(=O)(=O)C3)c2C)c1[N+](=O)[O-]. The number of para-hydroxylation sites is 1. The van der Waals surface area contributed by atoms with E-state index in [4.69, 9.17) is 4.74 Å². The third-order valence-corrected chi connectivity index (χ3v) is 6.85. The van der Waals surface area contributed by atoms with Gasteiger partial charge in [-0.05, 0) is 39.3 Å². The molecule has 2 aromatic rings. The average molecular weight is 406 g/mol. The molecule has 1 unspecified atom stereocenters. The van der Waals surface area contributed by atoms with E-state index in [1.54, 1.807) is 32.0 Å². The summed E-state index contributed by atoms with van der Waals surface area (Å²) in [6.07, 6.45) is 0.526. The van der Waals surface area contributed by atoms with Crippen LogP contribution in [0.25, 0.3) is 0 Å². The summed E-state index contributed by atoms with van der Waals surface area (Å²) in [5, 5.41) is 11.2. The van der Waals surface area contributed by atoms with Crippen LogP contribution in [-0.4, -0.2) is 41.8 Å². The number of nitro benzene ring substituents is 1. The maximum Gasteiger partial charge on any atom is 0.313 e. The summed E-state index contributed by atoms with van der Waals surface area (Å²) < 4.78 is 30.9. The Bertz CT molecular complexity index is 1050. The normalized spacial score (nSPS) is 18.2. The molecule has 0 spiro atoms. The van der Waals surface area contributed by atoms with Gasteiger partial charge in [0.15, 0.2) is 22.2 Å². The summed E-state index contributed by atoms with van der Waals surface area (Å²) in [4.78, 5) is 23.4. The van der Waals surface area contributed by atoms with Crippen LogP contribution in [0.5, 0.6) is 5.75 Å². The summed E-state index contributed by atoms with van der Waals surface area (Å²) in [6.45, 7) is 4.88. The lowest BCUT2D eigenvalue weighted by Crippen LogP contribution is -2.16. The first-order valence-corrected chi connectivity index (χ1v) is 10.7. The number of carbonyl (C=O) groups excluding carboxylic acids is 1. The van der Waals surface area contributed by atoms with Crippen LogP contribution in [-0.2, 0) is 9.84 Å². The summed E-state index contributed by atoms with van der Waals surface area (Å²) in [5.41, 5.74) is 2.24. The van der Waals surface area contributed by atoms with Crippen molar-refractivity contribution in [1.82, 2.24) is 4.57 Å². The molecule has 0 aliphatic carbocycles. The lowest BCUT2D eigenvalue weighted by Gasteiger charge is -2.16. The Kier molecular flexibility index (Phi) is 5.29. The molecule has 8 nitrogen and oxygen atoms in total. The number of ether oxygens (including phenoxy) is 1. The van der Waals surface area contributed by atoms with Gasteiger partial charge < -0.3 is 9.30 Å². The Balaban J connectivity index is 1.81. The number of Topliss-reactive ketones (excluding diaryl/α,β-unsaturated/α-hetero) is 1. The molecule has 0 N–H and O–H groups in total. The van der Waals surface area contributed by atoms with Crippen LogP contribution in [0.4, 0.5) is 5.69 Å². The Morgan fingerprint density at radius 2 is 2.04 bits per heavy atom. The minimum absolute atomic E-state index is 0.0500. The summed E-state index contributed by atoms with van der Waals surface area (Å²) in [6, 6.07) is 6.25. The quantitative estimate of drug-likeness (QED) is 0.414. The van der Waals surface area contributed by atoms with Gasteiger partial charge in [-0.15, -0.1) is 0 Å². The molecule has 28 heavy (non-hydrogen) atoms. The van der Waals surface area contributed by atoms with Gasteiger partial charge >= 0.3 is 5.69 Å². The summed E-state index contributed by atoms with van der Waals surface area (Å²) in [5.74, 6) is -0.0359. The molecular formula is C19H22N2O6S. The van der Waals surface area contributed by atoms with Gasteiger partial charge in [0, 0.05) is 28.6 Å². The van der Waals surface area contributed by atoms with Crippen molar-refractivity contribution in [2.75, 3.05) is 18.1 Å². The largest absolute Gasteiger partial charge is 0.478 e. The molecule has 1 aliphatic heterocycles. The Morgan fingerprint density at radius 3 is 2.64 bits per heavy atom. The average Bonchev–Trinajstić information content (AvgIpc) is 3.10. The van der Waals surface area contributed by atoms with E-state index < -0.39 is 14.8 Å². The van der Waals surface area contributed by atoms with E-state index in [1.807, 2.05) is 11.5 Å². The smallest absolute Gasteiger partial charge is 0.313 e. The van der Waals surface area contributed by atoms with Gasteiger partial charge in [-0.1, -0.05) is 12.1 Å². The molecule has 1 saturated heterocycles. The van der Waals surface area contributed by atoms with Crippen molar-refractivity contribution < 1.29 is 22.9 Å². The zero-order valence-corrected chi connectivity index (χ0v) is 16.8. The van der Waals surface area contributed by atoms with E-state index in [1.165, 1.54) is 6.07 Å². The van der Waals surface area contributed by atoms with Gasteiger partial charge in [0.1, 0.15) is 0 Å². The molecule has 1 aliphatic rings. The van der Waals surface area contributed by atoms with Gasteiger partial charge in [0.2, 0.25) is 5.78 Å². The molecule has 1 aromatic carbocycles. The number of nitrogens with zero attached hydrogens (tertiary/aromatic N) is 2. The summed E-state index contributed by atoms with van der Waals surface area (Å²) >= 11 is 0. The van der Waals surface area contributed by atoms with Crippen molar-refractivity contribution in [3.8, 4) is 5.75 Å². The second kappa shape index (κ2) is 7.38. The Morgan fingerprint density at radius 1 is 1.32 bits per heavy atom. The number of nitro groups is 1. The second-order valence-corrected chi connectivity index (χ2v) is 9.33. The highest BCUT2D eigenvalue weighted by Gasteiger charge is 2.31. The molecule has 150 valence electrons. The van der Waals surface area contributed by atoms with Crippen LogP contribution in [0, 0.1) is 30.9 Å². The lowest BCUT2D eigenvalue weighted by atomic mass is 10.1. The van der Waals surface area contributed by atoms with Gasteiger partial charge in [-0.25, -0.2) is 8.42 Å². The predicted molar refractivity (Wildman–Crippen MR) is 104 cm³/mol. The minimum atomic E-state index is -3.05. The number of ketones is 1. The zero-order valence-electron chi connectivity index (χ0n) is 16.0. The van der Waals surface area contributed by atoms with Gasteiger partial charge in [-0.3, -0.25) is 14.9 Å². The predicted octanol–water partition coefficient (Wildman–Crippen LogP) is 2.94. The molecule has 1 atom stereocenters. The molecule has 0 saturated carbocycles. The number of aryl methyl sites for hydroxylation is 2. The van der Waals surface area contributed by atoms with E-state index in [0.29, 0.717) is 23.2 Å². The third-order valence-electron chi connectivity index (χ3n) is 5.10. The number of carbonyl (C=O) groups is 1. The van der Waals surface area contributed by atoms with Crippen molar-refractivity contribution in [3.05, 3.63) is 56.9 Å². The molecule has 3 rings (SSSR count). The van der Waals surface area contributed by atoms with Crippen molar-refractivity contribution in [3.63, 3.8) is 0 Å². The number of sulfone groups is 1. The molecule has 2 heterocycles.